The van der Waals surface area contributed by atoms with Crippen LogP contribution in [0.2, 0.25) is 0 Å². The van der Waals surface area contributed by atoms with Crippen LogP contribution >= 0.6 is 0 Å². The second kappa shape index (κ2) is 5.57. The zero-order valence-corrected chi connectivity index (χ0v) is 12.9. The quantitative estimate of drug-likeness (QED) is 0.857. The molecule has 0 heterocycles. The van der Waals surface area contributed by atoms with E-state index in [1.54, 1.807) is 6.92 Å². The van der Waals surface area contributed by atoms with Crippen LogP contribution in [-0.2, 0) is 5.41 Å². The van der Waals surface area contributed by atoms with Gasteiger partial charge >= 0.3 is 0 Å². The van der Waals surface area contributed by atoms with Gasteiger partial charge in [0.05, 0.1) is 6.04 Å². The van der Waals surface area contributed by atoms with Crippen LogP contribution in [0.5, 0.6) is 0 Å². The molecule has 0 aliphatic rings. The average molecular weight is 289 g/mol. The maximum atomic E-state index is 14.1. The Morgan fingerprint density at radius 1 is 0.952 bits per heavy atom. The first-order chi connectivity index (χ1) is 9.71. The zero-order chi connectivity index (χ0) is 15.8. The van der Waals surface area contributed by atoms with Crippen LogP contribution in [0.4, 0.5) is 8.78 Å². The van der Waals surface area contributed by atoms with Gasteiger partial charge in [-0.05, 0) is 35.1 Å². The molecule has 2 N–H and O–H groups in total. The topological polar surface area (TPSA) is 26.0 Å². The van der Waals surface area contributed by atoms with Gasteiger partial charge in [-0.25, -0.2) is 8.78 Å². The van der Waals surface area contributed by atoms with Gasteiger partial charge in [0.1, 0.15) is 11.6 Å². The number of halogens is 2. The first-order valence-corrected chi connectivity index (χ1v) is 7.02. The van der Waals surface area contributed by atoms with Crippen LogP contribution in [0.1, 0.15) is 49.1 Å². The molecule has 0 bridgehead atoms. The van der Waals surface area contributed by atoms with Gasteiger partial charge in [0.25, 0.3) is 0 Å². The van der Waals surface area contributed by atoms with Gasteiger partial charge in [0.15, 0.2) is 0 Å². The monoisotopic (exact) mass is 289 g/mol. The van der Waals surface area contributed by atoms with Crippen molar-refractivity contribution in [1.29, 1.82) is 0 Å². The van der Waals surface area contributed by atoms with Gasteiger partial charge in [-0.3, -0.25) is 0 Å². The first-order valence-electron chi connectivity index (χ1n) is 7.02. The number of nitrogens with two attached hydrogens (primary N) is 1. The third-order valence-electron chi connectivity index (χ3n) is 3.72. The summed E-state index contributed by atoms with van der Waals surface area (Å²) in [7, 11) is 0. The van der Waals surface area contributed by atoms with Crippen molar-refractivity contribution < 1.29 is 8.78 Å². The van der Waals surface area contributed by atoms with Crippen LogP contribution < -0.4 is 5.73 Å². The fraction of sp³-hybridized carbons (Fsp3) is 0.333. The minimum Gasteiger partial charge on any atom is -0.320 e. The van der Waals surface area contributed by atoms with Crippen molar-refractivity contribution >= 4 is 0 Å². The van der Waals surface area contributed by atoms with Crippen molar-refractivity contribution in [1.82, 2.24) is 0 Å². The number of hydrogen-bond donors (Lipinski definition) is 1. The normalized spacial score (nSPS) is 13.3. The Hall–Kier alpha value is -1.74. The van der Waals surface area contributed by atoms with Crippen LogP contribution in [-0.4, -0.2) is 0 Å². The number of rotatable bonds is 2. The molecule has 3 heteroatoms. The highest BCUT2D eigenvalue weighted by molar-refractivity contribution is 5.41. The Labute approximate surface area is 124 Å². The summed E-state index contributed by atoms with van der Waals surface area (Å²) in [6.07, 6.45) is 0. The van der Waals surface area contributed by atoms with E-state index in [4.69, 9.17) is 5.73 Å². The fourth-order valence-corrected chi connectivity index (χ4v) is 2.54. The van der Waals surface area contributed by atoms with Crippen LogP contribution in [0.25, 0.3) is 0 Å². The molecule has 0 aliphatic heterocycles. The summed E-state index contributed by atoms with van der Waals surface area (Å²) in [6, 6.07) is 9.54. The molecule has 0 aliphatic carbocycles. The summed E-state index contributed by atoms with van der Waals surface area (Å²) in [5.41, 5.74) is 8.84. The third-order valence-corrected chi connectivity index (χ3v) is 3.72. The molecule has 1 unspecified atom stereocenters. The average Bonchev–Trinajstić information content (AvgIpc) is 2.41. The number of aryl methyl sites for hydroxylation is 1. The molecule has 2 rings (SSSR count). The molecule has 0 radical (unpaired) electrons. The highest BCUT2D eigenvalue weighted by atomic mass is 19.1. The summed E-state index contributed by atoms with van der Waals surface area (Å²) in [5, 5.41) is 0. The number of benzene rings is 2. The molecule has 0 saturated carbocycles. The summed E-state index contributed by atoms with van der Waals surface area (Å²) in [6.45, 7) is 7.88. The van der Waals surface area contributed by atoms with E-state index in [-0.39, 0.29) is 5.41 Å². The molecule has 0 amide bonds. The van der Waals surface area contributed by atoms with Crippen molar-refractivity contribution in [3.05, 3.63) is 70.3 Å². The smallest absolute Gasteiger partial charge is 0.131 e. The van der Waals surface area contributed by atoms with E-state index in [9.17, 15) is 8.78 Å². The van der Waals surface area contributed by atoms with Gasteiger partial charge in [-0.1, -0.05) is 45.0 Å². The van der Waals surface area contributed by atoms with Gasteiger partial charge in [-0.2, -0.15) is 0 Å². The van der Waals surface area contributed by atoms with Crippen molar-refractivity contribution in [2.45, 2.75) is 39.2 Å². The van der Waals surface area contributed by atoms with Gasteiger partial charge in [0.2, 0.25) is 0 Å². The molecule has 112 valence electrons. The second-order valence-corrected chi connectivity index (χ2v) is 6.44. The summed E-state index contributed by atoms with van der Waals surface area (Å²) < 4.78 is 27.5. The molecule has 0 fully saturated rings. The lowest BCUT2D eigenvalue weighted by Crippen LogP contribution is -2.21. The Bertz CT molecular complexity index is 657. The molecular weight excluding hydrogens is 268 g/mol. The van der Waals surface area contributed by atoms with Gasteiger partial charge in [-0.15, -0.1) is 0 Å². The molecule has 0 saturated heterocycles. The van der Waals surface area contributed by atoms with Crippen LogP contribution in [0.3, 0.4) is 0 Å². The summed E-state index contributed by atoms with van der Waals surface area (Å²) in [4.78, 5) is 0. The van der Waals surface area contributed by atoms with E-state index in [2.05, 4.69) is 20.8 Å². The zero-order valence-electron chi connectivity index (χ0n) is 12.9. The lowest BCUT2D eigenvalue weighted by Gasteiger charge is -2.26. The minimum atomic E-state index is -0.611. The predicted molar refractivity (Wildman–Crippen MR) is 82.3 cm³/mol. The molecular formula is C18H21F2N. The Kier molecular flexibility index (Phi) is 4.15. The molecule has 2 aromatic carbocycles. The Balaban J connectivity index is 2.56. The van der Waals surface area contributed by atoms with E-state index in [1.165, 1.54) is 6.07 Å². The molecule has 0 spiro atoms. The second-order valence-electron chi connectivity index (χ2n) is 6.44. The van der Waals surface area contributed by atoms with Crippen molar-refractivity contribution in [3.8, 4) is 0 Å². The SMILES string of the molecule is Cc1cc(C(N)c2ccccc2C(C)(C)C)c(F)cc1F. The van der Waals surface area contributed by atoms with E-state index in [0.29, 0.717) is 11.1 Å². The van der Waals surface area contributed by atoms with Crippen molar-refractivity contribution in [3.63, 3.8) is 0 Å². The summed E-state index contributed by atoms with van der Waals surface area (Å²) >= 11 is 0. The maximum Gasteiger partial charge on any atom is 0.131 e. The molecule has 0 aromatic heterocycles. The molecule has 1 nitrogen and oxygen atoms in total. The highest BCUT2D eigenvalue weighted by Crippen LogP contribution is 2.32. The first kappa shape index (κ1) is 15.6. The fourth-order valence-electron chi connectivity index (χ4n) is 2.54. The highest BCUT2D eigenvalue weighted by Gasteiger charge is 2.23. The standard InChI is InChI=1S/C18H21F2N/c1-11-9-13(16(20)10-15(11)19)17(21)12-7-5-6-8-14(12)18(2,3)4/h5-10,17H,21H2,1-4H3. The Morgan fingerprint density at radius 3 is 2.19 bits per heavy atom. The van der Waals surface area contributed by atoms with Gasteiger partial charge in [0, 0.05) is 11.6 Å². The Morgan fingerprint density at radius 2 is 1.57 bits per heavy atom. The van der Waals surface area contributed by atoms with Crippen LogP contribution in [0, 0.1) is 18.6 Å². The molecule has 21 heavy (non-hydrogen) atoms. The third kappa shape index (κ3) is 3.13. The van der Waals surface area contributed by atoms with Crippen molar-refractivity contribution in [2.75, 3.05) is 0 Å². The molecule has 1 atom stereocenters. The minimum absolute atomic E-state index is 0.0975. The lowest BCUT2D eigenvalue weighted by molar-refractivity contribution is 0.552. The largest absolute Gasteiger partial charge is 0.320 e. The molecule has 2 aromatic rings. The van der Waals surface area contributed by atoms with Gasteiger partial charge < -0.3 is 5.73 Å². The van der Waals surface area contributed by atoms with E-state index in [1.807, 2.05) is 24.3 Å². The predicted octanol–water partition coefficient (Wildman–Crippen LogP) is 4.62. The maximum absolute atomic E-state index is 14.1. The van der Waals surface area contributed by atoms with E-state index >= 15 is 0 Å². The lowest BCUT2D eigenvalue weighted by atomic mass is 9.80. The number of hydrogen-bond acceptors (Lipinski definition) is 1. The van der Waals surface area contributed by atoms with E-state index < -0.39 is 17.7 Å². The van der Waals surface area contributed by atoms with Crippen molar-refractivity contribution in [2.24, 2.45) is 5.73 Å². The van der Waals surface area contributed by atoms with E-state index in [0.717, 1.165) is 17.2 Å². The van der Waals surface area contributed by atoms with Crippen LogP contribution in [0.15, 0.2) is 36.4 Å². The summed E-state index contributed by atoms with van der Waals surface area (Å²) in [5.74, 6) is -1.15.